The zero-order valence-electron chi connectivity index (χ0n) is 14.7. The maximum atomic E-state index is 14.6. The molecule has 0 N–H and O–H groups in total. The molecule has 4 nitrogen and oxygen atoms in total. The minimum atomic E-state index is -0.229. The van der Waals surface area contributed by atoms with Crippen molar-refractivity contribution in [3.8, 4) is 17.0 Å². The molecule has 0 unspecified atom stereocenters. The van der Waals surface area contributed by atoms with Gasteiger partial charge in [0.15, 0.2) is 0 Å². The Morgan fingerprint density at radius 1 is 1.23 bits per heavy atom. The average molecular weight is 390 g/mol. The van der Waals surface area contributed by atoms with Gasteiger partial charge in [-0.15, -0.1) is 23.1 Å². The first-order chi connectivity index (χ1) is 12.7. The van der Waals surface area contributed by atoms with Crippen LogP contribution in [-0.2, 0) is 0 Å². The Kier molecular flexibility index (Phi) is 5.11. The van der Waals surface area contributed by atoms with Crippen LogP contribution in [0.25, 0.3) is 21.3 Å². The summed E-state index contributed by atoms with van der Waals surface area (Å²) in [6.07, 6.45) is 5.61. The van der Waals surface area contributed by atoms with E-state index in [9.17, 15) is 4.39 Å². The Morgan fingerprint density at radius 3 is 2.77 bits per heavy atom. The summed E-state index contributed by atoms with van der Waals surface area (Å²) < 4.78 is 21.6. The predicted octanol–water partition coefficient (Wildman–Crippen LogP) is 4.69. The van der Waals surface area contributed by atoms with Gasteiger partial charge in [0.25, 0.3) is 0 Å². The molecule has 26 heavy (non-hydrogen) atoms. The summed E-state index contributed by atoms with van der Waals surface area (Å²) >= 11 is 3.04. The lowest BCUT2D eigenvalue weighted by molar-refractivity contribution is 0.111. The number of hydrogen-bond donors (Lipinski definition) is 0. The molecule has 0 amide bonds. The van der Waals surface area contributed by atoms with Crippen molar-refractivity contribution in [3.63, 3.8) is 0 Å². The summed E-state index contributed by atoms with van der Waals surface area (Å²) in [6, 6.07) is 5.33. The van der Waals surface area contributed by atoms with E-state index in [1.807, 2.05) is 23.8 Å². The summed E-state index contributed by atoms with van der Waals surface area (Å²) in [4.78, 5) is 12.0. The van der Waals surface area contributed by atoms with Gasteiger partial charge in [-0.1, -0.05) is 6.07 Å². The van der Waals surface area contributed by atoms with Crippen LogP contribution in [0, 0.1) is 5.82 Å². The molecule has 136 valence electrons. The quantitative estimate of drug-likeness (QED) is 0.605. The van der Waals surface area contributed by atoms with Crippen molar-refractivity contribution in [2.75, 3.05) is 26.4 Å². The van der Waals surface area contributed by atoms with Gasteiger partial charge in [0.2, 0.25) is 5.88 Å². The second kappa shape index (κ2) is 7.50. The molecular weight excluding hydrogens is 369 g/mol. The SMILES string of the molecule is CSc1ccc(-c2csc3c(OC4CCN(C)CC4)ncnc23)c(F)c1. The molecule has 7 heteroatoms. The Bertz CT molecular complexity index is 922. The van der Waals surface area contributed by atoms with Gasteiger partial charge in [-0.2, -0.15) is 0 Å². The summed E-state index contributed by atoms with van der Waals surface area (Å²) in [5.41, 5.74) is 2.12. The van der Waals surface area contributed by atoms with Gasteiger partial charge in [-0.25, -0.2) is 14.4 Å². The molecule has 4 rings (SSSR count). The lowest BCUT2D eigenvalue weighted by Gasteiger charge is -2.28. The molecule has 1 fully saturated rings. The van der Waals surface area contributed by atoms with E-state index in [0.717, 1.165) is 46.6 Å². The molecule has 0 atom stereocenters. The molecule has 0 saturated carbocycles. The van der Waals surface area contributed by atoms with E-state index in [4.69, 9.17) is 4.74 Å². The van der Waals surface area contributed by atoms with Crippen molar-refractivity contribution in [3.05, 3.63) is 35.7 Å². The first-order valence-corrected chi connectivity index (χ1v) is 10.7. The number of benzene rings is 1. The highest BCUT2D eigenvalue weighted by molar-refractivity contribution is 7.98. The number of piperidine rings is 1. The van der Waals surface area contributed by atoms with Crippen LogP contribution in [0.15, 0.2) is 34.8 Å². The average Bonchev–Trinajstić information content (AvgIpc) is 3.08. The normalized spacial score (nSPS) is 16.3. The van der Waals surface area contributed by atoms with Gasteiger partial charge < -0.3 is 9.64 Å². The fourth-order valence-electron chi connectivity index (χ4n) is 3.21. The Morgan fingerprint density at radius 2 is 2.04 bits per heavy atom. The third-order valence-electron chi connectivity index (χ3n) is 4.73. The fourth-order valence-corrected chi connectivity index (χ4v) is 4.58. The first kappa shape index (κ1) is 17.7. The van der Waals surface area contributed by atoms with Crippen LogP contribution in [0.4, 0.5) is 4.39 Å². The highest BCUT2D eigenvalue weighted by atomic mass is 32.2. The molecule has 1 aliphatic heterocycles. The van der Waals surface area contributed by atoms with E-state index in [-0.39, 0.29) is 11.9 Å². The second-order valence-corrected chi connectivity index (χ2v) is 8.23. The highest BCUT2D eigenvalue weighted by Gasteiger charge is 2.21. The molecule has 3 aromatic rings. The van der Waals surface area contributed by atoms with Gasteiger partial charge in [0.05, 0.1) is 5.52 Å². The van der Waals surface area contributed by atoms with Crippen molar-refractivity contribution < 1.29 is 9.13 Å². The number of nitrogens with zero attached hydrogens (tertiary/aromatic N) is 3. The predicted molar refractivity (Wildman–Crippen MR) is 106 cm³/mol. The van der Waals surface area contributed by atoms with Gasteiger partial charge in [-0.05, 0) is 38.3 Å². The summed E-state index contributed by atoms with van der Waals surface area (Å²) in [5, 5.41) is 1.94. The van der Waals surface area contributed by atoms with Gasteiger partial charge in [0.1, 0.15) is 22.9 Å². The smallest absolute Gasteiger partial charge is 0.235 e. The van der Waals surface area contributed by atoms with E-state index < -0.39 is 0 Å². The Balaban J connectivity index is 1.67. The molecule has 0 spiro atoms. The van der Waals surface area contributed by atoms with Gasteiger partial charge >= 0.3 is 0 Å². The minimum absolute atomic E-state index is 0.174. The lowest BCUT2D eigenvalue weighted by atomic mass is 10.1. The Labute approximate surface area is 160 Å². The second-order valence-electron chi connectivity index (χ2n) is 6.47. The summed E-state index contributed by atoms with van der Waals surface area (Å²) in [5.74, 6) is 0.384. The number of halogens is 1. The topological polar surface area (TPSA) is 38.2 Å². The fraction of sp³-hybridized carbons (Fsp3) is 0.368. The number of thiophene rings is 1. The van der Waals surface area contributed by atoms with E-state index in [2.05, 4.69) is 21.9 Å². The maximum Gasteiger partial charge on any atom is 0.235 e. The molecule has 1 aromatic carbocycles. The van der Waals surface area contributed by atoms with Crippen LogP contribution in [0.1, 0.15) is 12.8 Å². The van der Waals surface area contributed by atoms with Crippen molar-refractivity contribution >= 4 is 33.3 Å². The van der Waals surface area contributed by atoms with Crippen molar-refractivity contribution in [2.24, 2.45) is 0 Å². The van der Waals surface area contributed by atoms with E-state index in [1.165, 1.54) is 29.4 Å². The van der Waals surface area contributed by atoms with Gasteiger partial charge in [0, 0.05) is 34.5 Å². The lowest BCUT2D eigenvalue weighted by Crippen LogP contribution is -2.35. The molecule has 0 bridgehead atoms. The van der Waals surface area contributed by atoms with E-state index in [0.29, 0.717) is 11.4 Å². The molecule has 3 heterocycles. The number of rotatable bonds is 4. The molecule has 1 aliphatic rings. The van der Waals surface area contributed by atoms with E-state index in [1.54, 1.807) is 6.07 Å². The molecule has 2 aromatic heterocycles. The Hall–Kier alpha value is -1.70. The zero-order chi connectivity index (χ0) is 18.1. The van der Waals surface area contributed by atoms with Crippen molar-refractivity contribution in [2.45, 2.75) is 23.8 Å². The van der Waals surface area contributed by atoms with Crippen molar-refractivity contribution in [1.29, 1.82) is 0 Å². The number of ether oxygens (including phenoxy) is 1. The summed E-state index contributed by atoms with van der Waals surface area (Å²) in [6.45, 7) is 2.06. The van der Waals surface area contributed by atoms with Crippen LogP contribution in [-0.4, -0.2) is 47.4 Å². The molecule has 0 aliphatic carbocycles. The molecule has 1 saturated heterocycles. The van der Waals surface area contributed by atoms with Crippen molar-refractivity contribution in [1.82, 2.24) is 14.9 Å². The number of hydrogen-bond acceptors (Lipinski definition) is 6. The number of fused-ring (bicyclic) bond motifs is 1. The van der Waals surface area contributed by atoms with Gasteiger partial charge in [-0.3, -0.25) is 0 Å². The zero-order valence-corrected chi connectivity index (χ0v) is 16.4. The monoisotopic (exact) mass is 389 g/mol. The number of thioether (sulfide) groups is 1. The van der Waals surface area contributed by atoms with Crippen LogP contribution >= 0.6 is 23.1 Å². The maximum absolute atomic E-state index is 14.6. The first-order valence-electron chi connectivity index (χ1n) is 8.57. The molecular formula is C19H20FN3OS2. The van der Waals surface area contributed by atoms with E-state index >= 15 is 0 Å². The largest absolute Gasteiger partial charge is 0.473 e. The number of likely N-dealkylation sites (tertiary alicyclic amines) is 1. The van der Waals surface area contributed by atoms with Crippen LogP contribution in [0.3, 0.4) is 0 Å². The van der Waals surface area contributed by atoms with Crippen LogP contribution in [0.2, 0.25) is 0 Å². The minimum Gasteiger partial charge on any atom is -0.473 e. The summed E-state index contributed by atoms with van der Waals surface area (Å²) in [7, 11) is 2.13. The number of aromatic nitrogens is 2. The highest BCUT2D eigenvalue weighted by Crippen LogP contribution is 2.38. The molecule has 0 radical (unpaired) electrons. The van der Waals surface area contributed by atoms with Crippen LogP contribution < -0.4 is 4.74 Å². The third kappa shape index (κ3) is 3.43. The third-order valence-corrected chi connectivity index (χ3v) is 6.41. The van der Waals surface area contributed by atoms with Crippen LogP contribution in [0.5, 0.6) is 5.88 Å². The standard InChI is InChI=1S/C19H20FN3OS2/c1-23-7-5-12(6-8-23)24-19-18-17(21-11-22-19)15(10-26-18)14-4-3-13(25-2)9-16(14)20/h3-4,9-12H,5-8H2,1-2H3.